The number of carbonyl (C=O) groups is 2. The summed E-state index contributed by atoms with van der Waals surface area (Å²) in [5, 5.41) is 10.1. The molecule has 154 valence electrons. The van der Waals surface area contributed by atoms with Gasteiger partial charge in [-0.25, -0.2) is 0 Å². The average Bonchev–Trinajstić information content (AvgIpc) is 3.27. The lowest BCUT2D eigenvalue weighted by Crippen LogP contribution is -2.41. The van der Waals surface area contributed by atoms with Crippen molar-refractivity contribution in [3.8, 4) is 11.3 Å². The molecule has 2 aromatic heterocycles. The van der Waals surface area contributed by atoms with Crippen LogP contribution >= 0.6 is 0 Å². The number of hydrogen-bond donors (Lipinski definition) is 2. The summed E-state index contributed by atoms with van der Waals surface area (Å²) in [7, 11) is 0. The Labute approximate surface area is 175 Å². The van der Waals surface area contributed by atoms with E-state index in [1.165, 1.54) is 0 Å². The number of pyridine rings is 1. The Morgan fingerprint density at radius 2 is 1.93 bits per heavy atom. The molecule has 0 atom stereocenters. The number of aromatic nitrogens is 3. The third-order valence-electron chi connectivity index (χ3n) is 5.57. The van der Waals surface area contributed by atoms with Crippen molar-refractivity contribution >= 4 is 17.5 Å². The maximum absolute atomic E-state index is 12.8. The van der Waals surface area contributed by atoms with E-state index < -0.39 is 0 Å². The lowest BCUT2D eigenvalue weighted by atomic mass is 9.95. The molecule has 1 aliphatic heterocycles. The second-order valence-electron chi connectivity index (χ2n) is 7.78. The van der Waals surface area contributed by atoms with E-state index in [-0.39, 0.29) is 17.7 Å². The molecule has 3 aromatic rings. The van der Waals surface area contributed by atoms with Gasteiger partial charge >= 0.3 is 0 Å². The number of piperidine rings is 1. The first-order valence-electron chi connectivity index (χ1n) is 10.1. The fourth-order valence-electron chi connectivity index (χ4n) is 3.71. The summed E-state index contributed by atoms with van der Waals surface area (Å²) >= 11 is 0. The van der Waals surface area contributed by atoms with E-state index >= 15 is 0 Å². The minimum atomic E-state index is -0.0957. The number of benzene rings is 1. The Hall–Kier alpha value is -3.48. The van der Waals surface area contributed by atoms with Crippen LogP contribution in [0.25, 0.3) is 11.3 Å². The molecule has 0 saturated carbocycles. The van der Waals surface area contributed by atoms with Gasteiger partial charge in [0.25, 0.3) is 5.91 Å². The Kier molecular flexibility index (Phi) is 5.61. The zero-order chi connectivity index (χ0) is 21.1. The van der Waals surface area contributed by atoms with Crippen molar-refractivity contribution in [2.45, 2.75) is 26.7 Å². The molecule has 7 nitrogen and oxygen atoms in total. The predicted molar refractivity (Wildman–Crippen MR) is 115 cm³/mol. The molecule has 0 bridgehead atoms. The minimum absolute atomic E-state index is 0.0243. The van der Waals surface area contributed by atoms with Gasteiger partial charge in [-0.2, -0.15) is 5.10 Å². The van der Waals surface area contributed by atoms with Crippen LogP contribution in [0.5, 0.6) is 0 Å². The van der Waals surface area contributed by atoms with Gasteiger partial charge < -0.3 is 10.2 Å². The number of aromatic amines is 1. The molecule has 7 heteroatoms. The summed E-state index contributed by atoms with van der Waals surface area (Å²) in [6, 6.07) is 11.5. The van der Waals surface area contributed by atoms with Crippen LogP contribution in [-0.2, 0) is 4.79 Å². The summed E-state index contributed by atoms with van der Waals surface area (Å²) in [5.74, 6) is -0.163. The SMILES string of the molecule is Cc1ccc(C)c(NC(=O)C2CCN(C(=O)c3cc(-c4cccnc4)n[nH]3)CC2)c1. The van der Waals surface area contributed by atoms with Crippen LogP contribution < -0.4 is 5.32 Å². The molecule has 1 aromatic carbocycles. The molecule has 1 saturated heterocycles. The van der Waals surface area contributed by atoms with E-state index in [1.807, 2.05) is 44.2 Å². The second kappa shape index (κ2) is 8.49. The molecule has 3 heterocycles. The summed E-state index contributed by atoms with van der Waals surface area (Å²) < 4.78 is 0. The third kappa shape index (κ3) is 4.25. The van der Waals surface area contributed by atoms with E-state index in [1.54, 1.807) is 23.4 Å². The number of likely N-dealkylation sites (tertiary alicyclic amines) is 1. The van der Waals surface area contributed by atoms with Gasteiger partial charge in [0.1, 0.15) is 5.69 Å². The molecule has 2 N–H and O–H groups in total. The zero-order valence-corrected chi connectivity index (χ0v) is 17.2. The standard InChI is InChI=1S/C23H25N5O2/c1-15-5-6-16(2)19(12-15)25-22(29)17-7-10-28(11-8-17)23(30)21-13-20(26-27-21)18-4-3-9-24-14-18/h3-6,9,12-14,17H,7-8,10-11H2,1-2H3,(H,25,29)(H,26,27). The average molecular weight is 403 g/mol. The van der Waals surface area contributed by atoms with Crippen LogP contribution in [0, 0.1) is 19.8 Å². The number of carbonyl (C=O) groups excluding carboxylic acids is 2. The highest BCUT2D eigenvalue weighted by Gasteiger charge is 2.29. The second-order valence-corrected chi connectivity index (χ2v) is 7.78. The van der Waals surface area contributed by atoms with Crippen LogP contribution in [0.2, 0.25) is 0 Å². The van der Waals surface area contributed by atoms with E-state index in [0.717, 1.165) is 22.4 Å². The molecule has 0 unspecified atom stereocenters. The predicted octanol–water partition coefficient (Wildman–Crippen LogP) is 3.58. The van der Waals surface area contributed by atoms with Crippen LogP contribution in [0.3, 0.4) is 0 Å². The maximum atomic E-state index is 12.8. The van der Waals surface area contributed by atoms with Crippen LogP contribution in [0.15, 0.2) is 48.8 Å². The Balaban J connectivity index is 1.35. The van der Waals surface area contributed by atoms with Gasteiger partial charge in [-0.05, 0) is 62.1 Å². The fraction of sp³-hybridized carbons (Fsp3) is 0.304. The molecular formula is C23H25N5O2. The topological polar surface area (TPSA) is 91.0 Å². The van der Waals surface area contributed by atoms with Crippen molar-refractivity contribution in [3.05, 3.63) is 65.6 Å². The van der Waals surface area contributed by atoms with Crippen LogP contribution in [0.1, 0.15) is 34.5 Å². The van der Waals surface area contributed by atoms with Crippen molar-refractivity contribution in [2.24, 2.45) is 5.92 Å². The Morgan fingerprint density at radius 3 is 2.67 bits per heavy atom. The van der Waals surface area contributed by atoms with E-state index in [2.05, 4.69) is 20.5 Å². The molecule has 1 aliphatic rings. The molecule has 4 rings (SSSR count). The first-order valence-corrected chi connectivity index (χ1v) is 10.1. The number of nitrogens with zero attached hydrogens (tertiary/aromatic N) is 3. The van der Waals surface area contributed by atoms with E-state index in [9.17, 15) is 9.59 Å². The van der Waals surface area contributed by atoms with Gasteiger partial charge in [-0.3, -0.25) is 19.7 Å². The highest BCUT2D eigenvalue weighted by Crippen LogP contribution is 2.23. The summed E-state index contributed by atoms with van der Waals surface area (Å²) in [4.78, 5) is 31.4. The molecule has 0 spiro atoms. The van der Waals surface area contributed by atoms with Crippen molar-refractivity contribution in [1.82, 2.24) is 20.1 Å². The smallest absolute Gasteiger partial charge is 0.271 e. The summed E-state index contributed by atoms with van der Waals surface area (Å²) in [5.41, 5.74) is 5.02. The normalized spacial score (nSPS) is 14.5. The summed E-state index contributed by atoms with van der Waals surface area (Å²) in [6.45, 7) is 5.09. The van der Waals surface area contributed by atoms with Gasteiger partial charge in [-0.15, -0.1) is 0 Å². The highest BCUT2D eigenvalue weighted by atomic mass is 16.2. The first kappa shape index (κ1) is 19.8. The molecule has 1 fully saturated rings. The van der Waals surface area contributed by atoms with Gasteiger partial charge in [-0.1, -0.05) is 12.1 Å². The lowest BCUT2D eigenvalue weighted by molar-refractivity contribution is -0.121. The van der Waals surface area contributed by atoms with Gasteiger partial charge in [0, 0.05) is 42.7 Å². The van der Waals surface area contributed by atoms with Gasteiger partial charge in [0.15, 0.2) is 0 Å². The van der Waals surface area contributed by atoms with Crippen LogP contribution in [-0.4, -0.2) is 45.0 Å². The largest absolute Gasteiger partial charge is 0.337 e. The third-order valence-corrected chi connectivity index (χ3v) is 5.57. The lowest BCUT2D eigenvalue weighted by Gasteiger charge is -2.31. The molecule has 0 aliphatic carbocycles. The minimum Gasteiger partial charge on any atom is -0.337 e. The van der Waals surface area contributed by atoms with Crippen molar-refractivity contribution < 1.29 is 9.59 Å². The van der Waals surface area contributed by atoms with E-state index in [4.69, 9.17) is 0 Å². The number of rotatable bonds is 4. The van der Waals surface area contributed by atoms with Crippen molar-refractivity contribution in [2.75, 3.05) is 18.4 Å². The fourth-order valence-corrected chi connectivity index (χ4v) is 3.71. The number of hydrogen-bond acceptors (Lipinski definition) is 4. The Morgan fingerprint density at radius 1 is 1.13 bits per heavy atom. The highest BCUT2D eigenvalue weighted by molar-refractivity contribution is 5.95. The number of amides is 2. The number of H-pyrrole nitrogens is 1. The van der Waals surface area contributed by atoms with Crippen molar-refractivity contribution in [1.29, 1.82) is 0 Å². The number of nitrogens with one attached hydrogen (secondary N) is 2. The van der Waals surface area contributed by atoms with Crippen LogP contribution in [0.4, 0.5) is 5.69 Å². The maximum Gasteiger partial charge on any atom is 0.271 e. The summed E-state index contributed by atoms with van der Waals surface area (Å²) in [6.07, 6.45) is 4.70. The quantitative estimate of drug-likeness (QED) is 0.697. The van der Waals surface area contributed by atoms with Gasteiger partial charge in [0.2, 0.25) is 5.91 Å². The molecule has 0 radical (unpaired) electrons. The zero-order valence-electron chi connectivity index (χ0n) is 17.2. The Bertz CT molecular complexity index is 1050. The molecule has 30 heavy (non-hydrogen) atoms. The molecular weight excluding hydrogens is 378 g/mol. The number of anilines is 1. The van der Waals surface area contributed by atoms with E-state index in [0.29, 0.717) is 37.3 Å². The first-order chi connectivity index (χ1) is 14.5. The number of aryl methyl sites for hydroxylation is 2. The monoisotopic (exact) mass is 403 g/mol. The molecule has 2 amide bonds. The van der Waals surface area contributed by atoms with Gasteiger partial charge in [0.05, 0.1) is 5.69 Å². The van der Waals surface area contributed by atoms with Crippen molar-refractivity contribution in [3.63, 3.8) is 0 Å².